The molecule has 0 saturated carbocycles. The molecule has 4 rings (SSSR count). The molecule has 0 atom stereocenters. The second-order valence-corrected chi connectivity index (χ2v) is 11.2. The lowest BCUT2D eigenvalue weighted by Crippen LogP contribution is -2.39. The largest absolute Gasteiger partial charge is 0.368 e. The fourth-order valence-electron chi connectivity index (χ4n) is 4.48. The maximum atomic E-state index is 12.9. The number of rotatable bonds is 7. The van der Waals surface area contributed by atoms with Crippen molar-refractivity contribution in [1.29, 1.82) is 0 Å². The molecule has 180 valence electrons. The first-order valence-corrected chi connectivity index (χ1v) is 13.2. The molecule has 1 aliphatic heterocycles. The molecule has 2 aromatic carbocycles. The van der Waals surface area contributed by atoms with Gasteiger partial charge >= 0.3 is 0 Å². The normalized spacial score (nSPS) is 15.1. The van der Waals surface area contributed by atoms with Crippen molar-refractivity contribution in [3.63, 3.8) is 0 Å². The molecule has 0 spiro atoms. The van der Waals surface area contributed by atoms with Crippen LogP contribution in [0.25, 0.3) is 10.8 Å². The molecule has 10 heteroatoms. The third-order valence-electron chi connectivity index (χ3n) is 6.38. The molecular formula is C24H27ClN4O4S. The molecular weight excluding hydrogens is 476 g/mol. The summed E-state index contributed by atoms with van der Waals surface area (Å²) in [4.78, 5) is 30.4. The van der Waals surface area contributed by atoms with E-state index in [-0.39, 0.29) is 35.4 Å². The number of carbonyl (C=O) groups excluding carboxylic acids is 2. The van der Waals surface area contributed by atoms with E-state index in [1.165, 1.54) is 0 Å². The highest BCUT2D eigenvalue weighted by molar-refractivity contribution is 7.91. The summed E-state index contributed by atoms with van der Waals surface area (Å²) in [6, 6.07) is 10.2. The maximum Gasteiger partial charge on any atom is 0.237 e. The van der Waals surface area contributed by atoms with Crippen LogP contribution in [0, 0.1) is 6.92 Å². The number of nitrogens with two attached hydrogens (primary N) is 1. The molecule has 0 unspecified atom stereocenters. The third kappa shape index (κ3) is 5.26. The average molecular weight is 503 g/mol. The van der Waals surface area contributed by atoms with Crippen LogP contribution in [0.1, 0.15) is 36.7 Å². The van der Waals surface area contributed by atoms with Gasteiger partial charge in [-0.3, -0.25) is 9.59 Å². The van der Waals surface area contributed by atoms with Crippen LogP contribution in [0.15, 0.2) is 47.5 Å². The molecule has 1 aliphatic rings. The van der Waals surface area contributed by atoms with E-state index in [4.69, 9.17) is 17.3 Å². The number of likely N-dealkylation sites (tertiary alicyclic amines) is 1. The second-order valence-electron chi connectivity index (χ2n) is 8.66. The number of carbonyl (C=O) groups is 2. The molecule has 3 aromatic rings. The number of fused-ring (bicyclic) bond motifs is 1. The Bertz CT molecular complexity index is 1340. The van der Waals surface area contributed by atoms with Gasteiger partial charge in [-0.25, -0.2) is 13.4 Å². The number of benzene rings is 2. The number of imidazole rings is 1. The van der Waals surface area contributed by atoms with Crippen molar-refractivity contribution in [2.75, 3.05) is 18.8 Å². The summed E-state index contributed by atoms with van der Waals surface area (Å²) in [6.45, 7) is 2.97. The van der Waals surface area contributed by atoms with E-state index in [1.807, 2.05) is 11.5 Å². The molecule has 2 amide bonds. The topological polar surface area (TPSA) is 115 Å². The first kappa shape index (κ1) is 24.2. The van der Waals surface area contributed by atoms with E-state index in [2.05, 4.69) is 4.98 Å². The highest BCUT2D eigenvalue weighted by Crippen LogP contribution is 2.29. The number of sulfone groups is 1. The fraction of sp³-hybridized carbons (Fsp3) is 0.375. The summed E-state index contributed by atoms with van der Waals surface area (Å²) in [5.41, 5.74) is 6.31. The van der Waals surface area contributed by atoms with E-state index in [9.17, 15) is 18.0 Å². The van der Waals surface area contributed by atoms with Gasteiger partial charge in [0.05, 0.1) is 10.6 Å². The van der Waals surface area contributed by atoms with Crippen LogP contribution in [-0.4, -0.2) is 53.5 Å². The molecule has 0 bridgehead atoms. The van der Waals surface area contributed by atoms with Crippen molar-refractivity contribution >= 4 is 44.0 Å². The summed E-state index contributed by atoms with van der Waals surface area (Å²) in [7, 11) is -3.60. The van der Waals surface area contributed by atoms with E-state index < -0.39 is 15.7 Å². The highest BCUT2D eigenvalue weighted by Gasteiger charge is 2.27. The zero-order valence-corrected chi connectivity index (χ0v) is 20.5. The van der Waals surface area contributed by atoms with Crippen LogP contribution in [0.2, 0.25) is 5.02 Å². The Morgan fingerprint density at radius 3 is 2.50 bits per heavy atom. The van der Waals surface area contributed by atoms with Gasteiger partial charge in [-0.2, -0.15) is 0 Å². The average Bonchev–Trinajstić information content (AvgIpc) is 3.16. The van der Waals surface area contributed by atoms with Gasteiger partial charge in [0.15, 0.2) is 9.84 Å². The minimum Gasteiger partial charge on any atom is -0.368 e. The second kappa shape index (κ2) is 9.76. The first-order chi connectivity index (χ1) is 16.1. The number of nitrogens with zero attached hydrogens (tertiary/aromatic N) is 3. The summed E-state index contributed by atoms with van der Waals surface area (Å²) in [5.74, 6) is 0.0617. The molecule has 34 heavy (non-hydrogen) atoms. The van der Waals surface area contributed by atoms with Crippen molar-refractivity contribution in [3.8, 4) is 0 Å². The predicted octanol–water partition coefficient (Wildman–Crippen LogP) is 3.05. The quantitative estimate of drug-likeness (QED) is 0.533. The Hall–Kier alpha value is -2.91. The number of halogens is 1. The molecule has 0 aliphatic carbocycles. The lowest BCUT2D eigenvalue weighted by atomic mass is 9.93. The van der Waals surface area contributed by atoms with Crippen molar-refractivity contribution in [2.45, 2.75) is 43.5 Å². The van der Waals surface area contributed by atoms with E-state index in [0.717, 1.165) is 35.1 Å². The third-order valence-corrected chi connectivity index (χ3v) is 8.33. The molecule has 1 saturated heterocycles. The number of piperidine rings is 1. The van der Waals surface area contributed by atoms with Crippen LogP contribution in [0.5, 0.6) is 0 Å². The van der Waals surface area contributed by atoms with Crippen LogP contribution in [-0.2, 0) is 26.0 Å². The number of aryl methyl sites for hydroxylation is 1. The van der Waals surface area contributed by atoms with Crippen LogP contribution < -0.4 is 5.73 Å². The molecule has 2 N–H and O–H groups in total. The number of primary amides is 1. The molecule has 0 radical (unpaired) electrons. The molecule has 8 nitrogen and oxygen atoms in total. The standard InChI is InChI=1S/C24H27ClN4O4S/c1-16-27-14-22(29(16)15-23(26)30)17-6-9-28(10-7-17)24(31)8-11-34(32,33)21-5-3-18-12-20(25)4-2-19(18)13-21/h2-5,12-14,17H,6-11,15H2,1H3,(H2,26,30). The zero-order chi connectivity index (χ0) is 24.5. The van der Waals surface area contributed by atoms with Gasteiger partial charge in [0, 0.05) is 42.3 Å². The fourth-order valence-corrected chi connectivity index (χ4v) is 5.93. The van der Waals surface area contributed by atoms with Gasteiger partial charge in [0.1, 0.15) is 12.4 Å². The Morgan fingerprint density at radius 2 is 1.79 bits per heavy atom. The highest BCUT2D eigenvalue weighted by atomic mass is 35.5. The Balaban J connectivity index is 1.35. The van der Waals surface area contributed by atoms with Gasteiger partial charge in [-0.1, -0.05) is 23.7 Å². The van der Waals surface area contributed by atoms with Crippen LogP contribution >= 0.6 is 11.6 Å². The minimum atomic E-state index is -3.60. The van der Waals surface area contributed by atoms with E-state index in [1.54, 1.807) is 47.5 Å². The number of hydrogen-bond acceptors (Lipinski definition) is 5. The van der Waals surface area contributed by atoms with Gasteiger partial charge in [-0.15, -0.1) is 0 Å². The minimum absolute atomic E-state index is 0.0651. The maximum absolute atomic E-state index is 12.9. The number of amides is 2. The van der Waals surface area contributed by atoms with Crippen molar-refractivity contribution in [3.05, 3.63) is 59.1 Å². The summed E-state index contributed by atoms with van der Waals surface area (Å²) >= 11 is 6.00. The number of hydrogen-bond donors (Lipinski definition) is 1. The Kier molecular flexibility index (Phi) is 6.95. The molecule has 1 aromatic heterocycles. The van der Waals surface area contributed by atoms with Crippen LogP contribution in [0.3, 0.4) is 0 Å². The zero-order valence-electron chi connectivity index (χ0n) is 18.9. The predicted molar refractivity (Wildman–Crippen MR) is 130 cm³/mol. The number of aromatic nitrogens is 2. The summed E-state index contributed by atoms with van der Waals surface area (Å²) < 4.78 is 27.5. The molecule has 2 heterocycles. The van der Waals surface area contributed by atoms with Crippen molar-refractivity contribution in [2.24, 2.45) is 5.73 Å². The summed E-state index contributed by atoms with van der Waals surface area (Å²) in [5, 5.41) is 2.23. The van der Waals surface area contributed by atoms with Gasteiger partial charge in [0.2, 0.25) is 11.8 Å². The van der Waals surface area contributed by atoms with E-state index >= 15 is 0 Å². The van der Waals surface area contributed by atoms with Gasteiger partial charge < -0.3 is 15.2 Å². The Labute approximate surface area is 203 Å². The van der Waals surface area contributed by atoms with Crippen molar-refractivity contribution < 1.29 is 18.0 Å². The van der Waals surface area contributed by atoms with E-state index in [0.29, 0.717) is 18.1 Å². The lowest BCUT2D eigenvalue weighted by molar-refractivity contribution is -0.131. The lowest BCUT2D eigenvalue weighted by Gasteiger charge is -2.32. The van der Waals surface area contributed by atoms with Crippen molar-refractivity contribution in [1.82, 2.24) is 14.5 Å². The van der Waals surface area contributed by atoms with Gasteiger partial charge in [-0.05, 0) is 54.8 Å². The monoisotopic (exact) mass is 502 g/mol. The Morgan fingerprint density at radius 1 is 1.12 bits per heavy atom. The van der Waals surface area contributed by atoms with Crippen LogP contribution in [0.4, 0.5) is 0 Å². The van der Waals surface area contributed by atoms with Gasteiger partial charge in [0.25, 0.3) is 0 Å². The summed E-state index contributed by atoms with van der Waals surface area (Å²) in [6.07, 6.45) is 3.14. The smallest absolute Gasteiger partial charge is 0.237 e. The molecule has 1 fully saturated rings. The first-order valence-electron chi connectivity index (χ1n) is 11.1. The SMILES string of the molecule is Cc1ncc(C2CCN(C(=O)CCS(=O)(=O)c3ccc4cc(Cl)ccc4c3)CC2)n1CC(N)=O.